The summed E-state index contributed by atoms with van der Waals surface area (Å²) in [5.74, 6) is 0.0589. The maximum atomic E-state index is 12.6. The molecule has 3 heteroatoms. The lowest BCUT2D eigenvalue weighted by Crippen LogP contribution is -2.15. The van der Waals surface area contributed by atoms with Gasteiger partial charge in [0.15, 0.2) is 5.78 Å². The molecule has 2 nitrogen and oxygen atoms in total. The zero-order chi connectivity index (χ0) is 13.2. The number of carbonyl (C=O) groups is 1. The Morgan fingerprint density at radius 1 is 1.16 bits per heavy atom. The van der Waals surface area contributed by atoms with E-state index in [2.05, 4.69) is 22.0 Å². The third-order valence-electron chi connectivity index (χ3n) is 3.35. The van der Waals surface area contributed by atoms with Crippen molar-refractivity contribution in [3.8, 4) is 0 Å². The lowest BCUT2D eigenvalue weighted by atomic mass is 9.93. The van der Waals surface area contributed by atoms with Gasteiger partial charge < -0.3 is 4.74 Å². The van der Waals surface area contributed by atoms with E-state index in [1.165, 1.54) is 5.56 Å². The van der Waals surface area contributed by atoms with E-state index in [0.717, 1.165) is 28.6 Å². The van der Waals surface area contributed by atoms with Crippen LogP contribution in [0.2, 0.25) is 0 Å². The number of hydrogen-bond donors (Lipinski definition) is 0. The number of ether oxygens (including phenoxy) is 1. The summed E-state index contributed by atoms with van der Waals surface area (Å²) in [5, 5.41) is 0. The monoisotopic (exact) mass is 316 g/mol. The van der Waals surface area contributed by atoms with Crippen LogP contribution < -0.4 is 0 Å². The first-order valence-corrected chi connectivity index (χ1v) is 7.04. The quantitative estimate of drug-likeness (QED) is 0.789. The molecule has 0 aromatic heterocycles. The fourth-order valence-corrected chi connectivity index (χ4v) is 2.90. The Labute approximate surface area is 120 Å². The van der Waals surface area contributed by atoms with Crippen molar-refractivity contribution < 1.29 is 9.53 Å². The maximum absolute atomic E-state index is 12.6. The summed E-state index contributed by atoms with van der Waals surface area (Å²) in [6, 6.07) is 13.3. The van der Waals surface area contributed by atoms with Gasteiger partial charge in [-0.3, -0.25) is 4.79 Å². The second-order valence-corrected chi connectivity index (χ2v) is 5.50. The zero-order valence-electron chi connectivity index (χ0n) is 10.4. The highest BCUT2D eigenvalue weighted by Crippen LogP contribution is 2.27. The van der Waals surface area contributed by atoms with E-state index >= 15 is 0 Å². The predicted octanol–water partition coefficient (Wildman–Crippen LogP) is 3.75. The second kappa shape index (κ2) is 5.27. The summed E-state index contributed by atoms with van der Waals surface area (Å²) in [4.78, 5) is 12.6. The minimum atomic E-state index is 0.0589. The average molecular weight is 317 g/mol. The highest BCUT2D eigenvalue weighted by molar-refractivity contribution is 9.10. The molecule has 0 saturated carbocycles. The Morgan fingerprint density at radius 2 is 1.95 bits per heavy atom. The standard InChI is InChI=1S/C16H13BrO2/c17-13-8-12-6-7-19-10-15(12)14(9-13)16(18)11-4-2-1-3-5-11/h1-5,8-9H,6-7,10H2. The SMILES string of the molecule is O=C(c1ccccc1)c1cc(Br)cc2c1COCC2. The molecule has 0 atom stereocenters. The van der Waals surface area contributed by atoms with Gasteiger partial charge in [-0.2, -0.15) is 0 Å². The largest absolute Gasteiger partial charge is 0.376 e. The molecule has 96 valence electrons. The molecule has 0 saturated heterocycles. The van der Waals surface area contributed by atoms with Crippen molar-refractivity contribution in [2.45, 2.75) is 13.0 Å². The Kier molecular flexibility index (Phi) is 3.49. The van der Waals surface area contributed by atoms with Crippen molar-refractivity contribution in [2.75, 3.05) is 6.61 Å². The van der Waals surface area contributed by atoms with E-state index in [1.807, 2.05) is 36.4 Å². The first kappa shape index (κ1) is 12.6. The summed E-state index contributed by atoms with van der Waals surface area (Å²) in [7, 11) is 0. The molecular weight excluding hydrogens is 304 g/mol. The summed E-state index contributed by atoms with van der Waals surface area (Å²) >= 11 is 3.49. The van der Waals surface area contributed by atoms with Crippen LogP contribution in [0.15, 0.2) is 46.9 Å². The molecular formula is C16H13BrO2. The van der Waals surface area contributed by atoms with Crippen molar-refractivity contribution >= 4 is 21.7 Å². The van der Waals surface area contributed by atoms with Gasteiger partial charge in [0.2, 0.25) is 0 Å². The fraction of sp³-hybridized carbons (Fsp3) is 0.188. The van der Waals surface area contributed by atoms with Crippen molar-refractivity contribution in [2.24, 2.45) is 0 Å². The van der Waals surface area contributed by atoms with Gasteiger partial charge in [-0.25, -0.2) is 0 Å². The van der Waals surface area contributed by atoms with Crippen molar-refractivity contribution in [1.29, 1.82) is 0 Å². The smallest absolute Gasteiger partial charge is 0.193 e. The molecule has 0 bridgehead atoms. The van der Waals surface area contributed by atoms with Gasteiger partial charge >= 0.3 is 0 Å². The van der Waals surface area contributed by atoms with Gasteiger partial charge in [-0.1, -0.05) is 46.3 Å². The molecule has 0 amide bonds. The van der Waals surface area contributed by atoms with E-state index in [0.29, 0.717) is 12.2 Å². The third-order valence-corrected chi connectivity index (χ3v) is 3.81. The first-order chi connectivity index (χ1) is 9.25. The maximum Gasteiger partial charge on any atom is 0.193 e. The molecule has 2 aromatic carbocycles. The van der Waals surface area contributed by atoms with Crippen LogP contribution in [0.25, 0.3) is 0 Å². The molecule has 0 unspecified atom stereocenters. The molecule has 1 heterocycles. The first-order valence-electron chi connectivity index (χ1n) is 6.24. The zero-order valence-corrected chi connectivity index (χ0v) is 11.9. The molecule has 0 radical (unpaired) electrons. The predicted molar refractivity (Wildman–Crippen MR) is 77.4 cm³/mol. The molecule has 2 aromatic rings. The molecule has 19 heavy (non-hydrogen) atoms. The van der Waals surface area contributed by atoms with Crippen LogP contribution in [0.4, 0.5) is 0 Å². The van der Waals surface area contributed by atoms with Gasteiger partial charge in [0.05, 0.1) is 13.2 Å². The number of halogens is 1. The minimum absolute atomic E-state index is 0.0589. The van der Waals surface area contributed by atoms with Gasteiger partial charge in [-0.15, -0.1) is 0 Å². The third kappa shape index (κ3) is 2.48. The number of ketones is 1. The molecule has 0 fully saturated rings. The van der Waals surface area contributed by atoms with E-state index in [9.17, 15) is 4.79 Å². The van der Waals surface area contributed by atoms with Crippen LogP contribution in [0.5, 0.6) is 0 Å². The molecule has 1 aliphatic rings. The van der Waals surface area contributed by atoms with Crippen LogP contribution in [0, 0.1) is 0 Å². The Hall–Kier alpha value is -1.45. The molecule has 0 N–H and O–H groups in total. The van der Waals surface area contributed by atoms with Crippen LogP contribution in [-0.4, -0.2) is 12.4 Å². The number of carbonyl (C=O) groups excluding carboxylic acids is 1. The molecule has 1 aliphatic heterocycles. The van der Waals surface area contributed by atoms with Crippen LogP contribution in [0.1, 0.15) is 27.0 Å². The summed E-state index contributed by atoms with van der Waals surface area (Å²) in [6.07, 6.45) is 0.865. The topological polar surface area (TPSA) is 26.3 Å². The van der Waals surface area contributed by atoms with Crippen molar-refractivity contribution in [3.05, 3.63) is 69.2 Å². The number of benzene rings is 2. The summed E-state index contributed by atoms with van der Waals surface area (Å²) < 4.78 is 6.45. The highest BCUT2D eigenvalue weighted by Gasteiger charge is 2.20. The lowest BCUT2D eigenvalue weighted by Gasteiger charge is -2.20. The second-order valence-electron chi connectivity index (χ2n) is 4.59. The van der Waals surface area contributed by atoms with Crippen LogP contribution >= 0.6 is 15.9 Å². The molecule has 0 spiro atoms. The van der Waals surface area contributed by atoms with Gasteiger partial charge in [0.25, 0.3) is 0 Å². The number of hydrogen-bond acceptors (Lipinski definition) is 2. The Bertz CT molecular complexity index is 620. The fourth-order valence-electron chi connectivity index (χ4n) is 2.39. The normalized spacial score (nSPS) is 13.9. The van der Waals surface area contributed by atoms with Gasteiger partial charge in [-0.05, 0) is 29.7 Å². The van der Waals surface area contributed by atoms with Crippen LogP contribution in [0.3, 0.4) is 0 Å². The molecule has 3 rings (SSSR count). The van der Waals surface area contributed by atoms with E-state index < -0.39 is 0 Å². The van der Waals surface area contributed by atoms with Crippen molar-refractivity contribution in [3.63, 3.8) is 0 Å². The molecule has 0 aliphatic carbocycles. The van der Waals surface area contributed by atoms with Crippen molar-refractivity contribution in [1.82, 2.24) is 0 Å². The summed E-state index contributed by atoms with van der Waals surface area (Å²) in [6.45, 7) is 1.25. The number of rotatable bonds is 2. The Morgan fingerprint density at radius 3 is 2.74 bits per heavy atom. The average Bonchev–Trinajstić information content (AvgIpc) is 2.46. The minimum Gasteiger partial charge on any atom is -0.376 e. The highest BCUT2D eigenvalue weighted by atomic mass is 79.9. The van der Waals surface area contributed by atoms with E-state index in [1.54, 1.807) is 0 Å². The van der Waals surface area contributed by atoms with E-state index in [4.69, 9.17) is 4.74 Å². The summed E-state index contributed by atoms with van der Waals surface area (Å²) in [5.41, 5.74) is 3.70. The van der Waals surface area contributed by atoms with Crippen LogP contribution in [-0.2, 0) is 17.8 Å². The van der Waals surface area contributed by atoms with Gasteiger partial charge in [0.1, 0.15) is 0 Å². The van der Waals surface area contributed by atoms with E-state index in [-0.39, 0.29) is 5.78 Å². The van der Waals surface area contributed by atoms with Gasteiger partial charge in [0, 0.05) is 15.6 Å². The Balaban J connectivity index is 2.10. The number of fused-ring (bicyclic) bond motifs is 1. The lowest BCUT2D eigenvalue weighted by molar-refractivity contribution is 0.0994.